The van der Waals surface area contributed by atoms with Crippen LogP contribution in [0.15, 0.2) is 58.0 Å². The van der Waals surface area contributed by atoms with Crippen molar-refractivity contribution in [2.24, 2.45) is 4.99 Å². The van der Waals surface area contributed by atoms with E-state index in [9.17, 15) is 4.79 Å². The maximum Gasteiger partial charge on any atom is 0.280 e. The van der Waals surface area contributed by atoms with E-state index in [4.69, 9.17) is 0 Å². The first kappa shape index (κ1) is 18.5. The molecule has 0 atom stereocenters. The topological polar surface area (TPSA) is 34.4 Å². The van der Waals surface area contributed by atoms with Crippen LogP contribution in [-0.4, -0.2) is 10.5 Å². The van der Waals surface area contributed by atoms with Gasteiger partial charge in [0.2, 0.25) is 0 Å². The van der Waals surface area contributed by atoms with E-state index in [1.54, 1.807) is 11.3 Å². The van der Waals surface area contributed by atoms with Gasteiger partial charge < -0.3 is 4.57 Å². The molecule has 3 nitrogen and oxygen atoms in total. The van der Waals surface area contributed by atoms with Crippen LogP contribution in [0.4, 0.5) is 0 Å². The summed E-state index contributed by atoms with van der Waals surface area (Å²) in [4.78, 5) is 18.9. The summed E-state index contributed by atoms with van der Waals surface area (Å²) in [6.45, 7) is 4.90. The van der Waals surface area contributed by atoms with Crippen molar-refractivity contribution < 1.29 is 4.79 Å². The molecule has 2 aromatic carbocycles. The smallest absolute Gasteiger partial charge is 0.280 e. The molecule has 3 rings (SSSR count). The zero-order chi connectivity index (χ0) is 18.0. The molecule has 0 unspecified atom stereocenters. The number of rotatable bonds is 3. The van der Waals surface area contributed by atoms with E-state index in [2.05, 4.69) is 74.1 Å². The summed E-state index contributed by atoms with van der Waals surface area (Å²) in [5.74, 6) is -0.198. The highest BCUT2D eigenvalue weighted by Gasteiger charge is 2.14. The van der Waals surface area contributed by atoms with Crippen molar-refractivity contribution in [3.8, 4) is 11.3 Å². The number of aromatic nitrogens is 1. The summed E-state index contributed by atoms with van der Waals surface area (Å²) in [7, 11) is 0. The van der Waals surface area contributed by atoms with Gasteiger partial charge in [-0.25, -0.2) is 0 Å². The number of carbonyl (C=O) groups excluding carboxylic acids is 1. The number of benzene rings is 2. The Morgan fingerprint density at radius 3 is 2.52 bits per heavy atom. The fourth-order valence-electron chi connectivity index (χ4n) is 2.65. The average molecular weight is 527 g/mol. The van der Waals surface area contributed by atoms with Gasteiger partial charge in [0.1, 0.15) is 0 Å². The first-order chi connectivity index (χ1) is 12.0. The van der Waals surface area contributed by atoms with Crippen LogP contribution in [0.3, 0.4) is 0 Å². The minimum Gasteiger partial charge on any atom is -0.316 e. The van der Waals surface area contributed by atoms with Crippen LogP contribution >= 0.6 is 49.9 Å². The number of hydrogen-bond acceptors (Lipinski definition) is 2. The number of amides is 1. The molecule has 0 aliphatic rings. The maximum absolute atomic E-state index is 12.6. The number of carbonyl (C=O) groups is 1. The van der Waals surface area contributed by atoms with Gasteiger partial charge in [0, 0.05) is 19.5 Å². The van der Waals surface area contributed by atoms with Gasteiger partial charge in [-0.1, -0.05) is 40.2 Å². The normalized spacial score (nSPS) is 11.8. The molecule has 0 saturated heterocycles. The Hall–Kier alpha value is -1.25. The summed E-state index contributed by atoms with van der Waals surface area (Å²) in [6.07, 6.45) is 0. The molecule has 0 aliphatic carbocycles. The highest BCUT2D eigenvalue weighted by atomic mass is 127. The van der Waals surface area contributed by atoms with E-state index in [1.807, 2.05) is 36.4 Å². The second kappa shape index (κ2) is 7.97. The zero-order valence-corrected chi connectivity index (χ0v) is 18.4. The van der Waals surface area contributed by atoms with Gasteiger partial charge in [-0.2, -0.15) is 4.99 Å². The summed E-state index contributed by atoms with van der Waals surface area (Å²) in [5.41, 5.74) is 2.89. The highest BCUT2D eigenvalue weighted by molar-refractivity contribution is 14.1. The minimum atomic E-state index is -0.198. The second-order valence-electron chi connectivity index (χ2n) is 5.44. The first-order valence-corrected chi connectivity index (χ1v) is 10.5. The summed E-state index contributed by atoms with van der Waals surface area (Å²) >= 11 is 7.20. The maximum atomic E-state index is 12.6. The van der Waals surface area contributed by atoms with Crippen LogP contribution in [-0.2, 0) is 6.54 Å². The molecule has 1 aromatic heterocycles. The Morgan fingerprint density at radius 2 is 1.88 bits per heavy atom. The molecule has 6 heteroatoms. The zero-order valence-electron chi connectivity index (χ0n) is 13.8. The average Bonchev–Trinajstić information content (AvgIpc) is 2.91. The molecule has 0 spiro atoms. The largest absolute Gasteiger partial charge is 0.316 e. The summed E-state index contributed by atoms with van der Waals surface area (Å²) in [6, 6.07) is 15.7. The third-order valence-electron chi connectivity index (χ3n) is 3.81. The Balaban J connectivity index is 2.12. The van der Waals surface area contributed by atoms with E-state index >= 15 is 0 Å². The van der Waals surface area contributed by atoms with E-state index in [0.717, 1.165) is 35.5 Å². The van der Waals surface area contributed by atoms with Gasteiger partial charge in [0.25, 0.3) is 5.91 Å². The fraction of sp³-hybridized carbons (Fsp3) is 0.158. The molecule has 1 heterocycles. The minimum absolute atomic E-state index is 0.198. The van der Waals surface area contributed by atoms with Crippen molar-refractivity contribution in [1.29, 1.82) is 0 Å². The molecule has 3 aromatic rings. The lowest BCUT2D eigenvalue weighted by Crippen LogP contribution is -2.17. The highest BCUT2D eigenvalue weighted by Crippen LogP contribution is 2.26. The Morgan fingerprint density at radius 1 is 1.20 bits per heavy atom. The van der Waals surface area contributed by atoms with Crippen molar-refractivity contribution in [1.82, 2.24) is 4.57 Å². The molecular formula is C19H16BrIN2OS. The molecule has 0 radical (unpaired) electrons. The van der Waals surface area contributed by atoms with Crippen molar-refractivity contribution in [2.75, 3.05) is 0 Å². The van der Waals surface area contributed by atoms with Crippen molar-refractivity contribution in [3.05, 3.63) is 71.8 Å². The van der Waals surface area contributed by atoms with E-state index in [1.165, 1.54) is 0 Å². The number of thiazole rings is 1. The number of halogens is 2. The van der Waals surface area contributed by atoms with Crippen LogP contribution in [0.2, 0.25) is 0 Å². The Bertz CT molecular complexity index is 989. The molecule has 128 valence electrons. The molecular weight excluding hydrogens is 511 g/mol. The van der Waals surface area contributed by atoms with Crippen LogP contribution in [0.1, 0.15) is 22.2 Å². The van der Waals surface area contributed by atoms with Crippen molar-refractivity contribution in [2.45, 2.75) is 20.4 Å². The third-order valence-corrected chi connectivity index (χ3v) is 6.28. The van der Waals surface area contributed by atoms with E-state index in [0.29, 0.717) is 5.56 Å². The van der Waals surface area contributed by atoms with Crippen LogP contribution in [0.25, 0.3) is 11.3 Å². The number of aryl methyl sites for hydroxylation is 1. The molecule has 0 fully saturated rings. The van der Waals surface area contributed by atoms with Gasteiger partial charge >= 0.3 is 0 Å². The van der Waals surface area contributed by atoms with E-state index < -0.39 is 0 Å². The lowest BCUT2D eigenvalue weighted by atomic mass is 10.1. The van der Waals surface area contributed by atoms with Crippen molar-refractivity contribution in [3.63, 3.8) is 0 Å². The predicted molar refractivity (Wildman–Crippen MR) is 115 cm³/mol. The quantitative estimate of drug-likeness (QED) is 0.406. The van der Waals surface area contributed by atoms with Crippen LogP contribution in [0, 0.1) is 10.5 Å². The molecule has 0 bridgehead atoms. The third kappa shape index (κ3) is 3.96. The molecule has 1 amide bonds. The van der Waals surface area contributed by atoms with Crippen LogP contribution < -0.4 is 4.80 Å². The molecule has 0 N–H and O–H groups in total. The summed E-state index contributed by atoms with van der Waals surface area (Å²) < 4.78 is 4.07. The monoisotopic (exact) mass is 526 g/mol. The van der Waals surface area contributed by atoms with E-state index in [-0.39, 0.29) is 5.91 Å². The van der Waals surface area contributed by atoms with Gasteiger partial charge in [-0.3, -0.25) is 4.79 Å². The number of nitrogens with zero attached hydrogens (tertiary/aromatic N) is 2. The Labute approximate surface area is 172 Å². The lowest BCUT2D eigenvalue weighted by molar-refractivity contribution is 0.0997. The SMILES string of the molecule is CCn1c(-c2ccc(Br)cc2)c(C)sc1=NC(=O)c1ccccc1I. The van der Waals surface area contributed by atoms with Gasteiger partial charge in [-0.15, -0.1) is 11.3 Å². The van der Waals surface area contributed by atoms with Crippen LogP contribution in [0.5, 0.6) is 0 Å². The predicted octanol–water partition coefficient (Wildman–Crippen LogP) is 5.65. The van der Waals surface area contributed by atoms with Gasteiger partial charge in [0.05, 0.1) is 11.3 Å². The standard InChI is InChI=1S/C19H16BrIN2OS/c1-3-23-17(13-8-10-14(20)11-9-13)12(2)25-19(23)22-18(24)15-6-4-5-7-16(15)21/h4-11H,3H2,1-2H3. The second-order valence-corrected chi connectivity index (χ2v) is 8.70. The lowest BCUT2D eigenvalue weighted by Gasteiger charge is -2.08. The Kier molecular flexibility index (Phi) is 5.91. The van der Waals surface area contributed by atoms with Crippen molar-refractivity contribution >= 4 is 55.8 Å². The van der Waals surface area contributed by atoms with Gasteiger partial charge in [0.15, 0.2) is 4.80 Å². The number of hydrogen-bond donors (Lipinski definition) is 0. The fourth-order valence-corrected chi connectivity index (χ4v) is 4.59. The summed E-state index contributed by atoms with van der Waals surface area (Å²) in [5, 5.41) is 0. The first-order valence-electron chi connectivity index (χ1n) is 7.81. The van der Waals surface area contributed by atoms with Gasteiger partial charge in [-0.05, 0) is 66.3 Å². The molecule has 0 aliphatic heterocycles. The molecule has 0 saturated carbocycles. The molecule has 25 heavy (non-hydrogen) atoms.